The van der Waals surface area contributed by atoms with Crippen LogP contribution in [-0.4, -0.2) is 41.9 Å². The van der Waals surface area contributed by atoms with E-state index in [0.29, 0.717) is 46.6 Å². The number of nitrogens with zero attached hydrogens (tertiary/aromatic N) is 2. The van der Waals surface area contributed by atoms with Gasteiger partial charge in [0.1, 0.15) is 12.5 Å². The van der Waals surface area contributed by atoms with E-state index in [4.69, 9.17) is 19.2 Å². The summed E-state index contributed by atoms with van der Waals surface area (Å²) in [6, 6.07) is 13.2. The van der Waals surface area contributed by atoms with E-state index in [-0.39, 0.29) is 11.7 Å². The van der Waals surface area contributed by atoms with Gasteiger partial charge in [-0.25, -0.2) is 4.98 Å². The first kappa shape index (κ1) is 19.0. The molecular formula is C21H22N2O4S. The van der Waals surface area contributed by atoms with Crippen molar-refractivity contribution in [1.29, 1.82) is 0 Å². The van der Waals surface area contributed by atoms with Crippen molar-refractivity contribution in [1.82, 2.24) is 9.55 Å². The second-order valence-electron chi connectivity index (χ2n) is 6.64. The maximum atomic E-state index is 13.4. The first-order valence-electron chi connectivity index (χ1n) is 9.16. The molecule has 0 aliphatic carbocycles. The number of thioether (sulfide) groups is 1. The van der Waals surface area contributed by atoms with Crippen LogP contribution < -0.4 is 10.3 Å². The molecule has 1 atom stereocenters. The number of aryl methyl sites for hydroxylation is 1. The Kier molecular flexibility index (Phi) is 5.66. The zero-order valence-corrected chi connectivity index (χ0v) is 16.7. The molecule has 3 aromatic rings. The first-order chi connectivity index (χ1) is 13.7. The molecule has 1 saturated heterocycles. The topological polar surface area (TPSA) is 62.6 Å². The highest BCUT2D eigenvalue weighted by Crippen LogP contribution is 2.29. The van der Waals surface area contributed by atoms with Gasteiger partial charge in [0.2, 0.25) is 0 Å². The van der Waals surface area contributed by atoms with Crippen LogP contribution in [0.15, 0.2) is 52.4 Å². The lowest BCUT2D eigenvalue weighted by molar-refractivity contribution is -0.130. The lowest BCUT2D eigenvalue weighted by atomic mass is 10.2. The van der Waals surface area contributed by atoms with Gasteiger partial charge in [-0.15, -0.1) is 0 Å². The van der Waals surface area contributed by atoms with Crippen molar-refractivity contribution in [2.24, 2.45) is 0 Å². The molecule has 0 radical (unpaired) electrons. The molecule has 4 rings (SSSR count). The Balaban J connectivity index is 1.84. The van der Waals surface area contributed by atoms with E-state index >= 15 is 0 Å². The summed E-state index contributed by atoms with van der Waals surface area (Å²) >= 11 is 1.52. The summed E-state index contributed by atoms with van der Waals surface area (Å²) in [5.41, 5.74) is 2.32. The maximum absolute atomic E-state index is 13.4. The molecule has 0 N–H and O–H groups in total. The molecule has 6 nitrogen and oxygen atoms in total. The molecule has 0 spiro atoms. The fraction of sp³-hybridized carbons (Fsp3) is 0.333. The number of para-hydroxylation sites is 1. The normalized spacial score (nSPS) is 17.0. The highest BCUT2D eigenvalue weighted by Gasteiger charge is 2.20. The predicted molar refractivity (Wildman–Crippen MR) is 110 cm³/mol. The minimum atomic E-state index is -0.107. The molecule has 146 valence electrons. The second-order valence-corrected chi connectivity index (χ2v) is 7.63. The largest absolute Gasteiger partial charge is 0.495 e. The van der Waals surface area contributed by atoms with Crippen molar-refractivity contribution < 1.29 is 14.2 Å². The summed E-state index contributed by atoms with van der Waals surface area (Å²) in [6.45, 7) is 2.99. The van der Waals surface area contributed by atoms with Gasteiger partial charge in [-0.1, -0.05) is 30.0 Å². The SMILES string of the molecule is COc1ccc(C)cc1-n1c(SC[C@@H]2CCOCO2)nc2ccccc2c1=O. The van der Waals surface area contributed by atoms with Gasteiger partial charge in [0.15, 0.2) is 5.16 Å². The van der Waals surface area contributed by atoms with Crippen LogP contribution in [0.25, 0.3) is 16.6 Å². The van der Waals surface area contributed by atoms with Crippen LogP contribution in [0.1, 0.15) is 12.0 Å². The van der Waals surface area contributed by atoms with Gasteiger partial charge < -0.3 is 14.2 Å². The van der Waals surface area contributed by atoms with Gasteiger partial charge in [-0.3, -0.25) is 9.36 Å². The Labute approximate surface area is 167 Å². The molecule has 1 aromatic heterocycles. The average Bonchev–Trinajstić information content (AvgIpc) is 2.73. The predicted octanol–water partition coefficient (Wildman–Crippen LogP) is 3.56. The third-order valence-corrected chi connectivity index (χ3v) is 5.76. The quantitative estimate of drug-likeness (QED) is 0.484. The molecule has 1 aliphatic rings. The van der Waals surface area contributed by atoms with Crippen molar-refractivity contribution in [3.63, 3.8) is 0 Å². The van der Waals surface area contributed by atoms with Gasteiger partial charge in [0.05, 0.1) is 36.4 Å². The van der Waals surface area contributed by atoms with E-state index in [2.05, 4.69) is 0 Å². The van der Waals surface area contributed by atoms with Crippen LogP contribution in [0.5, 0.6) is 5.75 Å². The first-order valence-corrected chi connectivity index (χ1v) is 10.1. The molecular weight excluding hydrogens is 376 g/mol. The van der Waals surface area contributed by atoms with Crippen LogP contribution in [0.4, 0.5) is 0 Å². The third-order valence-electron chi connectivity index (χ3n) is 4.69. The van der Waals surface area contributed by atoms with Crippen molar-refractivity contribution in [3.8, 4) is 11.4 Å². The van der Waals surface area contributed by atoms with Crippen LogP contribution in [0.3, 0.4) is 0 Å². The minimum Gasteiger partial charge on any atom is -0.495 e. The molecule has 28 heavy (non-hydrogen) atoms. The average molecular weight is 398 g/mol. The van der Waals surface area contributed by atoms with Gasteiger partial charge in [-0.2, -0.15) is 0 Å². The zero-order chi connectivity index (χ0) is 19.5. The monoisotopic (exact) mass is 398 g/mol. The minimum absolute atomic E-state index is 0.0787. The Hall–Kier alpha value is -2.35. The summed E-state index contributed by atoms with van der Waals surface area (Å²) in [5.74, 6) is 1.33. The zero-order valence-electron chi connectivity index (χ0n) is 15.9. The molecule has 0 bridgehead atoms. The summed E-state index contributed by atoms with van der Waals surface area (Å²) in [6.07, 6.45) is 0.911. The van der Waals surface area contributed by atoms with E-state index < -0.39 is 0 Å². The number of hydrogen-bond donors (Lipinski definition) is 0. The highest BCUT2D eigenvalue weighted by atomic mass is 32.2. The summed E-state index contributed by atoms with van der Waals surface area (Å²) in [5, 5.41) is 1.21. The second kappa shape index (κ2) is 8.34. The van der Waals surface area contributed by atoms with Crippen molar-refractivity contribution in [3.05, 3.63) is 58.4 Å². The Morgan fingerprint density at radius 1 is 1.29 bits per heavy atom. The fourth-order valence-corrected chi connectivity index (χ4v) is 4.27. The third kappa shape index (κ3) is 3.78. The van der Waals surface area contributed by atoms with E-state index in [0.717, 1.165) is 12.0 Å². The molecule has 2 aromatic carbocycles. The molecule has 1 fully saturated rings. The van der Waals surface area contributed by atoms with Gasteiger partial charge in [-0.05, 0) is 43.2 Å². The summed E-state index contributed by atoms with van der Waals surface area (Å²) in [4.78, 5) is 18.2. The van der Waals surface area contributed by atoms with Gasteiger partial charge >= 0.3 is 0 Å². The smallest absolute Gasteiger partial charge is 0.266 e. The lowest BCUT2D eigenvalue weighted by Gasteiger charge is -2.23. The number of benzene rings is 2. The van der Waals surface area contributed by atoms with Crippen molar-refractivity contribution in [2.45, 2.75) is 24.6 Å². The van der Waals surface area contributed by atoms with Crippen LogP contribution in [-0.2, 0) is 9.47 Å². The standard InChI is InChI=1S/C21H22N2O4S/c1-14-7-8-19(25-2)18(11-14)23-20(24)16-5-3-4-6-17(16)22-21(23)28-12-15-9-10-26-13-27-15/h3-8,11,15H,9-10,12-13H2,1-2H3/t15-/m0/s1. The van der Waals surface area contributed by atoms with E-state index in [9.17, 15) is 4.79 Å². The molecule has 7 heteroatoms. The molecule has 2 heterocycles. The molecule has 1 aliphatic heterocycles. The fourth-order valence-electron chi connectivity index (χ4n) is 3.20. The highest BCUT2D eigenvalue weighted by molar-refractivity contribution is 7.99. The maximum Gasteiger partial charge on any atom is 0.266 e. The van der Waals surface area contributed by atoms with Gasteiger partial charge in [0, 0.05) is 5.75 Å². The van der Waals surface area contributed by atoms with E-state index in [1.54, 1.807) is 17.7 Å². The number of aromatic nitrogens is 2. The summed E-state index contributed by atoms with van der Waals surface area (Å²) < 4.78 is 18.1. The number of hydrogen-bond acceptors (Lipinski definition) is 6. The van der Waals surface area contributed by atoms with E-state index in [1.165, 1.54) is 11.8 Å². The lowest BCUT2D eigenvalue weighted by Crippen LogP contribution is -2.27. The van der Waals surface area contributed by atoms with Crippen molar-refractivity contribution in [2.75, 3.05) is 26.3 Å². The molecule has 0 amide bonds. The number of rotatable bonds is 5. The Bertz CT molecular complexity index is 1040. The molecule has 0 saturated carbocycles. The van der Waals surface area contributed by atoms with Crippen molar-refractivity contribution >= 4 is 22.7 Å². The van der Waals surface area contributed by atoms with E-state index in [1.807, 2.05) is 43.3 Å². The molecule has 0 unspecified atom stereocenters. The Morgan fingerprint density at radius 2 is 2.14 bits per heavy atom. The number of methoxy groups -OCH3 is 1. The van der Waals surface area contributed by atoms with Crippen LogP contribution in [0, 0.1) is 6.92 Å². The Morgan fingerprint density at radius 3 is 2.93 bits per heavy atom. The summed E-state index contributed by atoms with van der Waals surface area (Å²) in [7, 11) is 1.61. The van der Waals surface area contributed by atoms with Crippen LogP contribution >= 0.6 is 11.8 Å². The van der Waals surface area contributed by atoms with Gasteiger partial charge in [0.25, 0.3) is 5.56 Å². The number of fused-ring (bicyclic) bond motifs is 1. The van der Waals surface area contributed by atoms with Crippen LogP contribution in [0.2, 0.25) is 0 Å². The number of ether oxygens (including phenoxy) is 3.